The summed E-state index contributed by atoms with van der Waals surface area (Å²) in [6, 6.07) is 14.9. The molecule has 0 spiro atoms. The van der Waals surface area contributed by atoms with Crippen molar-refractivity contribution in [2.75, 3.05) is 37.6 Å². The number of carbonyl (C=O) groups is 2. The number of benzene rings is 2. The summed E-state index contributed by atoms with van der Waals surface area (Å²) in [4.78, 5) is 29.1. The number of anilines is 1. The van der Waals surface area contributed by atoms with Gasteiger partial charge in [0, 0.05) is 44.8 Å². The molecule has 164 valence electrons. The van der Waals surface area contributed by atoms with Gasteiger partial charge in [0.05, 0.1) is 5.92 Å². The van der Waals surface area contributed by atoms with Gasteiger partial charge < -0.3 is 15.1 Å². The first-order chi connectivity index (χ1) is 15.1. The maximum Gasteiger partial charge on any atom is 0.224 e. The molecule has 2 aliphatic rings. The summed E-state index contributed by atoms with van der Waals surface area (Å²) in [5, 5.41) is 3.08. The predicted molar refractivity (Wildman–Crippen MR) is 119 cm³/mol. The smallest absolute Gasteiger partial charge is 0.224 e. The molecule has 0 saturated carbocycles. The molecule has 2 heterocycles. The molecule has 1 saturated heterocycles. The second-order valence-electron chi connectivity index (χ2n) is 8.47. The fourth-order valence-electron chi connectivity index (χ4n) is 4.60. The molecule has 0 radical (unpaired) electrons. The van der Waals surface area contributed by atoms with Crippen LogP contribution in [0.4, 0.5) is 10.1 Å². The Bertz CT molecular complexity index is 932. The van der Waals surface area contributed by atoms with E-state index in [2.05, 4.69) is 34.5 Å². The van der Waals surface area contributed by atoms with Gasteiger partial charge in [0.25, 0.3) is 0 Å². The van der Waals surface area contributed by atoms with E-state index < -0.39 is 0 Å². The van der Waals surface area contributed by atoms with Crippen LogP contribution in [0.3, 0.4) is 0 Å². The molecule has 2 amide bonds. The second kappa shape index (κ2) is 9.94. The van der Waals surface area contributed by atoms with Crippen molar-refractivity contribution in [2.24, 2.45) is 5.92 Å². The van der Waals surface area contributed by atoms with Crippen molar-refractivity contribution < 1.29 is 14.0 Å². The number of aryl methyl sites for hydroxylation is 1. The average molecular weight is 424 g/mol. The van der Waals surface area contributed by atoms with Crippen LogP contribution in [-0.2, 0) is 22.4 Å². The first-order valence-corrected chi connectivity index (χ1v) is 11.2. The van der Waals surface area contributed by atoms with Crippen LogP contribution in [-0.4, -0.2) is 49.4 Å². The van der Waals surface area contributed by atoms with Crippen LogP contribution in [0.25, 0.3) is 0 Å². The monoisotopic (exact) mass is 423 g/mol. The molecule has 0 aliphatic carbocycles. The van der Waals surface area contributed by atoms with Gasteiger partial charge in [0.2, 0.25) is 11.8 Å². The third-order valence-corrected chi connectivity index (χ3v) is 6.32. The summed E-state index contributed by atoms with van der Waals surface area (Å²) >= 11 is 0. The molecule has 2 aromatic carbocycles. The van der Waals surface area contributed by atoms with Gasteiger partial charge in [0.1, 0.15) is 5.82 Å². The van der Waals surface area contributed by atoms with Crippen molar-refractivity contribution in [1.82, 2.24) is 10.2 Å². The molecule has 6 heteroatoms. The number of piperidine rings is 1. The van der Waals surface area contributed by atoms with Gasteiger partial charge in [-0.1, -0.05) is 30.3 Å². The van der Waals surface area contributed by atoms with Gasteiger partial charge in [0.15, 0.2) is 0 Å². The molecule has 2 aromatic rings. The van der Waals surface area contributed by atoms with Gasteiger partial charge in [-0.15, -0.1) is 0 Å². The first-order valence-electron chi connectivity index (χ1n) is 11.2. The Balaban J connectivity index is 1.25. The van der Waals surface area contributed by atoms with Crippen molar-refractivity contribution in [3.05, 3.63) is 65.5 Å². The summed E-state index contributed by atoms with van der Waals surface area (Å²) in [5.41, 5.74) is 3.51. The van der Waals surface area contributed by atoms with E-state index in [1.54, 1.807) is 11.0 Å². The molecule has 0 bridgehead atoms. The summed E-state index contributed by atoms with van der Waals surface area (Å²) in [5.74, 6) is -0.353. The van der Waals surface area contributed by atoms with E-state index >= 15 is 0 Å². The lowest BCUT2D eigenvalue weighted by atomic mass is 9.96. The minimum absolute atomic E-state index is 0.0218. The Morgan fingerprint density at radius 3 is 2.81 bits per heavy atom. The molecular weight excluding hydrogens is 393 g/mol. The number of amides is 2. The number of nitrogens with one attached hydrogen (secondary N) is 1. The van der Waals surface area contributed by atoms with Crippen LogP contribution < -0.4 is 10.2 Å². The molecule has 5 nitrogen and oxygen atoms in total. The molecule has 4 rings (SSSR count). The average Bonchev–Trinajstić information content (AvgIpc) is 2.78. The zero-order chi connectivity index (χ0) is 21.6. The number of halogens is 1. The number of rotatable bonds is 7. The molecule has 1 N–H and O–H groups in total. The Morgan fingerprint density at radius 2 is 1.94 bits per heavy atom. The van der Waals surface area contributed by atoms with E-state index in [4.69, 9.17) is 0 Å². The van der Waals surface area contributed by atoms with E-state index in [1.165, 1.54) is 23.4 Å². The van der Waals surface area contributed by atoms with Crippen molar-refractivity contribution in [3.8, 4) is 0 Å². The zero-order valence-electron chi connectivity index (χ0n) is 17.9. The number of likely N-dealkylation sites (tertiary alicyclic amines) is 1. The Kier molecular flexibility index (Phi) is 6.85. The van der Waals surface area contributed by atoms with E-state index in [0.717, 1.165) is 31.5 Å². The summed E-state index contributed by atoms with van der Waals surface area (Å²) in [6.07, 6.45) is 3.82. The van der Waals surface area contributed by atoms with Crippen LogP contribution in [0.2, 0.25) is 0 Å². The maximum atomic E-state index is 13.4. The fourth-order valence-corrected chi connectivity index (χ4v) is 4.60. The lowest BCUT2D eigenvalue weighted by Crippen LogP contribution is -2.47. The SMILES string of the molecule is O=C(NCCN1CCCc2ccccc21)[C@@H]1CCC(=O)N(CCc2cccc(F)c2)C1. The molecule has 2 aliphatic heterocycles. The van der Waals surface area contributed by atoms with Crippen LogP contribution in [0, 0.1) is 11.7 Å². The van der Waals surface area contributed by atoms with E-state index in [1.807, 2.05) is 6.07 Å². The summed E-state index contributed by atoms with van der Waals surface area (Å²) < 4.78 is 13.4. The van der Waals surface area contributed by atoms with Crippen molar-refractivity contribution in [1.29, 1.82) is 0 Å². The molecule has 31 heavy (non-hydrogen) atoms. The zero-order valence-corrected chi connectivity index (χ0v) is 17.9. The molecule has 1 fully saturated rings. The second-order valence-corrected chi connectivity index (χ2v) is 8.47. The molecular formula is C25H30FN3O2. The van der Waals surface area contributed by atoms with Gasteiger partial charge >= 0.3 is 0 Å². The number of hydrogen-bond donors (Lipinski definition) is 1. The molecule has 0 unspecified atom stereocenters. The van der Waals surface area contributed by atoms with Gasteiger partial charge in [-0.25, -0.2) is 4.39 Å². The molecule has 0 aromatic heterocycles. The highest BCUT2D eigenvalue weighted by Gasteiger charge is 2.30. The normalized spacial score (nSPS) is 18.6. The van der Waals surface area contributed by atoms with Gasteiger partial charge in [-0.2, -0.15) is 0 Å². The first kappa shape index (κ1) is 21.3. The minimum atomic E-state index is -0.268. The van der Waals surface area contributed by atoms with E-state index in [9.17, 15) is 14.0 Å². The fraction of sp³-hybridized carbons (Fsp3) is 0.440. The highest BCUT2D eigenvalue weighted by atomic mass is 19.1. The lowest BCUT2D eigenvalue weighted by Gasteiger charge is -2.33. The van der Waals surface area contributed by atoms with Crippen LogP contribution in [0.15, 0.2) is 48.5 Å². The number of carbonyl (C=O) groups excluding carboxylic acids is 2. The van der Waals surface area contributed by atoms with Crippen LogP contribution >= 0.6 is 0 Å². The Morgan fingerprint density at radius 1 is 1.06 bits per heavy atom. The van der Waals surface area contributed by atoms with Crippen molar-refractivity contribution in [2.45, 2.75) is 32.1 Å². The maximum absolute atomic E-state index is 13.4. The summed E-state index contributed by atoms with van der Waals surface area (Å²) in [7, 11) is 0. The Hall–Kier alpha value is -2.89. The standard InChI is InChI=1S/C25H30FN3O2/c26-22-8-3-5-19(17-22)12-15-29-18-21(10-11-24(29)30)25(31)27-13-16-28-14-4-7-20-6-1-2-9-23(20)28/h1-3,5-6,8-9,17,21H,4,7,10-16,18H2,(H,27,31)/t21-/m1/s1. The van der Waals surface area contributed by atoms with Crippen molar-refractivity contribution >= 4 is 17.5 Å². The van der Waals surface area contributed by atoms with Crippen LogP contribution in [0.5, 0.6) is 0 Å². The highest BCUT2D eigenvalue weighted by Crippen LogP contribution is 2.26. The highest BCUT2D eigenvalue weighted by molar-refractivity contribution is 5.83. The van der Waals surface area contributed by atoms with Crippen molar-refractivity contribution in [3.63, 3.8) is 0 Å². The van der Waals surface area contributed by atoms with E-state index in [0.29, 0.717) is 38.9 Å². The minimum Gasteiger partial charge on any atom is -0.370 e. The van der Waals surface area contributed by atoms with Gasteiger partial charge in [-0.05, 0) is 55.0 Å². The number of para-hydroxylation sites is 1. The topological polar surface area (TPSA) is 52.7 Å². The van der Waals surface area contributed by atoms with Gasteiger partial charge in [-0.3, -0.25) is 9.59 Å². The largest absolute Gasteiger partial charge is 0.370 e. The third kappa shape index (κ3) is 5.43. The molecule has 1 atom stereocenters. The van der Waals surface area contributed by atoms with E-state index in [-0.39, 0.29) is 23.5 Å². The lowest BCUT2D eigenvalue weighted by molar-refractivity contribution is -0.138. The Labute approximate surface area is 183 Å². The number of hydrogen-bond acceptors (Lipinski definition) is 3. The number of fused-ring (bicyclic) bond motifs is 1. The number of nitrogens with zero attached hydrogens (tertiary/aromatic N) is 2. The summed E-state index contributed by atoms with van der Waals surface area (Å²) in [6.45, 7) is 3.35. The van der Waals surface area contributed by atoms with Crippen LogP contribution in [0.1, 0.15) is 30.4 Å². The third-order valence-electron chi connectivity index (χ3n) is 6.32. The predicted octanol–water partition coefficient (Wildman–Crippen LogP) is 3.18. The quantitative estimate of drug-likeness (QED) is 0.744.